The number of rotatable bonds is 4. The first-order valence-electron chi connectivity index (χ1n) is 6.42. The molecule has 2 rings (SSSR count). The minimum atomic E-state index is -0.583. The maximum absolute atomic E-state index is 11.0. The van der Waals surface area contributed by atoms with E-state index < -0.39 is 6.10 Å². The zero-order valence-corrected chi connectivity index (χ0v) is 11.3. The summed E-state index contributed by atoms with van der Waals surface area (Å²) in [5.74, 6) is 0.622. The Morgan fingerprint density at radius 2 is 2.26 bits per heavy atom. The summed E-state index contributed by atoms with van der Waals surface area (Å²) in [4.78, 5) is 12.2. The number of Topliss-reactive ketones (excluding diaryl/α,β-unsaturated/α-hetero) is 1. The van der Waals surface area contributed by atoms with Gasteiger partial charge in [0, 0.05) is 5.56 Å². The average molecular weight is 266 g/mol. The standard InChI is InChI=1S/C14H19NO4/c1-9(16)3-4-15-7-10-5-12(17)14(19-2)6-11(10)13(18)8-15/h5-6,13,17-18H,3-4,7-8H2,1-2H3/p+1/t13-/m1/s1. The van der Waals surface area contributed by atoms with Crippen LogP contribution in [0.3, 0.4) is 0 Å². The lowest BCUT2D eigenvalue weighted by molar-refractivity contribution is -0.919. The van der Waals surface area contributed by atoms with E-state index in [4.69, 9.17) is 4.74 Å². The van der Waals surface area contributed by atoms with E-state index in [1.807, 2.05) is 0 Å². The quantitative estimate of drug-likeness (QED) is 0.706. The molecule has 104 valence electrons. The van der Waals surface area contributed by atoms with Gasteiger partial charge in [0.05, 0.1) is 20.1 Å². The number of carbonyl (C=O) groups excluding carboxylic acids is 1. The molecule has 0 saturated carbocycles. The fourth-order valence-electron chi connectivity index (χ4n) is 2.52. The minimum Gasteiger partial charge on any atom is -0.504 e. The number of ether oxygens (including phenoxy) is 1. The summed E-state index contributed by atoms with van der Waals surface area (Å²) in [6.45, 7) is 3.56. The molecule has 1 heterocycles. The predicted octanol–water partition coefficient (Wildman–Crippen LogP) is -0.188. The van der Waals surface area contributed by atoms with Crippen LogP contribution in [0.4, 0.5) is 0 Å². The number of phenolic OH excluding ortho intramolecular Hbond substituents is 1. The van der Waals surface area contributed by atoms with Crippen molar-refractivity contribution in [2.75, 3.05) is 20.2 Å². The van der Waals surface area contributed by atoms with Gasteiger partial charge in [0.25, 0.3) is 0 Å². The summed E-state index contributed by atoms with van der Waals surface area (Å²) in [7, 11) is 1.49. The summed E-state index contributed by atoms with van der Waals surface area (Å²) in [5.41, 5.74) is 1.72. The Morgan fingerprint density at radius 3 is 2.89 bits per heavy atom. The molecule has 2 atom stereocenters. The lowest BCUT2D eigenvalue weighted by atomic mass is 9.96. The molecule has 1 aromatic carbocycles. The summed E-state index contributed by atoms with van der Waals surface area (Å²) < 4.78 is 5.05. The van der Waals surface area contributed by atoms with Crippen LogP contribution in [0.15, 0.2) is 12.1 Å². The fourth-order valence-corrected chi connectivity index (χ4v) is 2.52. The lowest BCUT2D eigenvalue weighted by Crippen LogP contribution is -3.12. The fraction of sp³-hybridized carbons (Fsp3) is 0.500. The van der Waals surface area contributed by atoms with Crippen molar-refractivity contribution in [2.24, 2.45) is 0 Å². The van der Waals surface area contributed by atoms with Gasteiger partial charge in [0.15, 0.2) is 11.5 Å². The van der Waals surface area contributed by atoms with Gasteiger partial charge in [-0.15, -0.1) is 0 Å². The highest BCUT2D eigenvalue weighted by molar-refractivity contribution is 5.75. The molecule has 0 bridgehead atoms. The number of aromatic hydroxyl groups is 1. The first-order valence-corrected chi connectivity index (χ1v) is 6.42. The van der Waals surface area contributed by atoms with E-state index in [0.29, 0.717) is 31.8 Å². The van der Waals surface area contributed by atoms with Gasteiger partial charge < -0.3 is 19.8 Å². The molecule has 0 aliphatic carbocycles. The molecule has 0 aromatic heterocycles. The van der Waals surface area contributed by atoms with E-state index in [-0.39, 0.29) is 11.5 Å². The maximum Gasteiger partial charge on any atom is 0.160 e. The van der Waals surface area contributed by atoms with Crippen LogP contribution in [0.25, 0.3) is 0 Å². The third kappa shape index (κ3) is 3.05. The van der Waals surface area contributed by atoms with E-state index in [1.54, 1.807) is 19.1 Å². The molecule has 0 fully saturated rings. The van der Waals surface area contributed by atoms with Crippen molar-refractivity contribution in [2.45, 2.75) is 26.0 Å². The number of fused-ring (bicyclic) bond motifs is 1. The molecule has 0 amide bonds. The second kappa shape index (κ2) is 5.59. The number of ketones is 1. The number of carbonyl (C=O) groups is 1. The molecule has 1 aliphatic rings. The third-order valence-corrected chi connectivity index (χ3v) is 3.55. The van der Waals surface area contributed by atoms with Gasteiger partial charge >= 0.3 is 0 Å². The first kappa shape index (κ1) is 13.8. The molecule has 5 heteroatoms. The molecule has 0 radical (unpaired) electrons. The maximum atomic E-state index is 11.0. The van der Waals surface area contributed by atoms with Crippen LogP contribution in [0, 0.1) is 0 Å². The van der Waals surface area contributed by atoms with Gasteiger partial charge in [-0.3, -0.25) is 4.79 Å². The second-order valence-electron chi connectivity index (χ2n) is 5.07. The van der Waals surface area contributed by atoms with Gasteiger partial charge in [0.2, 0.25) is 0 Å². The van der Waals surface area contributed by atoms with Crippen LogP contribution >= 0.6 is 0 Å². The Balaban J connectivity index is 2.19. The number of aliphatic hydroxyl groups excluding tert-OH is 1. The van der Waals surface area contributed by atoms with E-state index in [2.05, 4.69) is 0 Å². The SMILES string of the molecule is COc1cc2c(cc1O)C[NH+](CCC(C)=O)C[C@H]2O. The number of quaternary nitrogens is 1. The van der Waals surface area contributed by atoms with Gasteiger partial charge in [0.1, 0.15) is 25.0 Å². The summed E-state index contributed by atoms with van der Waals surface area (Å²) in [5, 5.41) is 20.0. The van der Waals surface area contributed by atoms with Gasteiger partial charge in [-0.05, 0) is 24.6 Å². The largest absolute Gasteiger partial charge is 0.504 e. The molecular formula is C14H20NO4+. The number of aliphatic hydroxyl groups is 1. The van der Waals surface area contributed by atoms with Gasteiger partial charge in [-0.25, -0.2) is 0 Å². The third-order valence-electron chi connectivity index (χ3n) is 3.55. The van der Waals surface area contributed by atoms with Crippen LogP contribution in [-0.2, 0) is 11.3 Å². The predicted molar refractivity (Wildman–Crippen MR) is 69.3 cm³/mol. The van der Waals surface area contributed by atoms with E-state index in [9.17, 15) is 15.0 Å². The number of methoxy groups -OCH3 is 1. The number of hydrogen-bond donors (Lipinski definition) is 3. The van der Waals surface area contributed by atoms with Crippen LogP contribution in [0.1, 0.15) is 30.6 Å². The van der Waals surface area contributed by atoms with Crippen LogP contribution in [0.5, 0.6) is 11.5 Å². The first-order chi connectivity index (χ1) is 9.01. The zero-order valence-electron chi connectivity index (χ0n) is 11.3. The van der Waals surface area contributed by atoms with Crippen LogP contribution in [0.2, 0.25) is 0 Å². The molecule has 19 heavy (non-hydrogen) atoms. The van der Waals surface area contributed by atoms with Crippen molar-refractivity contribution in [3.63, 3.8) is 0 Å². The van der Waals surface area contributed by atoms with Crippen LogP contribution < -0.4 is 9.64 Å². The molecule has 0 spiro atoms. The van der Waals surface area contributed by atoms with Crippen molar-refractivity contribution < 1.29 is 24.6 Å². The van der Waals surface area contributed by atoms with E-state index >= 15 is 0 Å². The summed E-state index contributed by atoms with van der Waals surface area (Å²) >= 11 is 0. The zero-order chi connectivity index (χ0) is 14.0. The topological polar surface area (TPSA) is 71.2 Å². The van der Waals surface area contributed by atoms with E-state index in [0.717, 1.165) is 16.0 Å². The van der Waals surface area contributed by atoms with Crippen LogP contribution in [-0.4, -0.2) is 36.2 Å². The number of nitrogens with one attached hydrogen (secondary N) is 1. The highest BCUT2D eigenvalue weighted by Gasteiger charge is 2.28. The number of phenols is 1. The minimum absolute atomic E-state index is 0.0845. The number of benzene rings is 1. The Morgan fingerprint density at radius 1 is 1.53 bits per heavy atom. The Hall–Kier alpha value is -1.59. The Bertz CT molecular complexity index is 487. The van der Waals surface area contributed by atoms with Crippen molar-refractivity contribution in [1.82, 2.24) is 0 Å². The highest BCUT2D eigenvalue weighted by Crippen LogP contribution is 2.32. The Kier molecular flexibility index (Phi) is 4.07. The van der Waals surface area contributed by atoms with Crippen molar-refractivity contribution in [1.29, 1.82) is 0 Å². The van der Waals surface area contributed by atoms with Gasteiger partial charge in [-0.2, -0.15) is 0 Å². The monoisotopic (exact) mass is 266 g/mol. The molecule has 0 saturated heterocycles. The normalized spacial score (nSPS) is 21.8. The average Bonchev–Trinajstić information content (AvgIpc) is 2.35. The summed E-state index contributed by atoms with van der Waals surface area (Å²) in [6, 6.07) is 3.33. The smallest absolute Gasteiger partial charge is 0.160 e. The molecular weight excluding hydrogens is 246 g/mol. The number of hydrogen-bond acceptors (Lipinski definition) is 4. The van der Waals surface area contributed by atoms with Crippen molar-refractivity contribution >= 4 is 5.78 Å². The lowest BCUT2D eigenvalue weighted by Gasteiger charge is -2.29. The Labute approximate surface area is 112 Å². The molecule has 5 nitrogen and oxygen atoms in total. The second-order valence-corrected chi connectivity index (χ2v) is 5.07. The molecule has 1 aliphatic heterocycles. The summed E-state index contributed by atoms with van der Waals surface area (Å²) in [6.07, 6.45) is -0.0697. The van der Waals surface area contributed by atoms with Gasteiger partial charge in [-0.1, -0.05) is 0 Å². The van der Waals surface area contributed by atoms with Crippen molar-refractivity contribution in [3.05, 3.63) is 23.3 Å². The molecule has 1 unspecified atom stereocenters. The molecule has 3 N–H and O–H groups in total. The van der Waals surface area contributed by atoms with E-state index in [1.165, 1.54) is 7.11 Å². The highest BCUT2D eigenvalue weighted by atomic mass is 16.5. The van der Waals surface area contributed by atoms with Crippen molar-refractivity contribution in [3.8, 4) is 11.5 Å². The molecule has 1 aromatic rings.